The van der Waals surface area contributed by atoms with E-state index in [1.54, 1.807) is 4.80 Å². The van der Waals surface area contributed by atoms with Crippen molar-refractivity contribution in [3.8, 4) is 5.69 Å². The number of nitrogens with one attached hydrogen (secondary N) is 1. The number of unbranched alkanes of at least 4 members (excludes halogenated alkanes) is 1. The predicted molar refractivity (Wildman–Crippen MR) is 68.0 cm³/mol. The molecule has 0 radical (unpaired) electrons. The molecular formula is C13H18N4. The number of rotatable bonds is 6. The lowest BCUT2D eigenvalue weighted by Crippen LogP contribution is -2.15. The number of benzene rings is 1. The molecule has 0 aliphatic heterocycles. The lowest BCUT2D eigenvalue weighted by Gasteiger charge is -2.00. The molecule has 0 saturated carbocycles. The van der Waals surface area contributed by atoms with Gasteiger partial charge in [-0.25, -0.2) is 0 Å². The van der Waals surface area contributed by atoms with Crippen molar-refractivity contribution in [1.29, 1.82) is 0 Å². The molecule has 2 aromatic rings. The average Bonchev–Trinajstić information content (AvgIpc) is 2.85. The molecule has 1 heterocycles. The molecule has 0 fully saturated rings. The quantitative estimate of drug-likeness (QED) is 0.773. The molecule has 0 aliphatic rings. The van der Waals surface area contributed by atoms with Gasteiger partial charge in [0, 0.05) is 6.54 Å². The van der Waals surface area contributed by atoms with Gasteiger partial charge in [0.15, 0.2) is 0 Å². The van der Waals surface area contributed by atoms with Crippen molar-refractivity contribution in [3.05, 3.63) is 42.2 Å². The van der Waals surface area contributed by atoms with E-state index in [0.29, 0.717) is 0 Å². The largest absolute Gasteiger partial charge is 0.311 e. The van der Waals surface area contributed by atoms with Gasteiger partial charge in [0.1, 0.15) is 0 Å². The Morgan fingerprint density at radius 1 is 1.24 bits per heavy atom. The number of para-hydroxylation sites is 1. The van der Waals surface area contributed by atoms with E-state index >= 15 is 0 Å². The second kappa shape index (κ2) is 6.15. The van der Waals surface area contributed by atoms with E-state index in [9.17, 15) is 0 Å². The fourth-order valence-corrected chi connectivity index (χ4v) is 1.58. The van der Waals surface area contributed by atoms with Crippen LogP contribution in [0.25, 0.3) is 5.69 Å². The van der Waals surface area contributed by atoms with Crippen molar-refractivity contribution in [2.45, 2.75) is 26.3 Å². The predicted octanol–water partition coefficient (Wildman–Crippen LogP) is 2.16. The molecule has 17 heavy (non-hydrogen) atoms. The van der Waals surface area contributed by atoms with Crippen LogP contribution in [-0.2, 0) is 6.54 Å². The van der Waals surface area contributed by atoms with E-state index in [4.69, 9.17) is 0 Å². The summed E-state index contributed by atoms with van der Waals surface area (Å²) in [5.74, 6) is 0. The molecule has 0 atom stereocenters. The van der Waals surface area contributed by atoms with Crippen LogP contribution >= 0.6 is 0 Å². The van der Waals surface area contributed by atoms with Crippen LogP contribution < -0.4 is 5.32 Å². The van der Waals surface area contributed by atoms with Gasteiger partial charge >= 0.3 is 0 Å². The van der Waals surface area contributed by atoms with Crippen LogP contribution in [0.3, 0.4) is 0 Å². The van der Waals surface area contributed by atoms with Crippen molar-refractivity contribution >= 4 is 0 Å². The van der Waals surface area contributed by atoms with E-state index in [0.717, 1.165) is 24.5 Å². The molecule has 2 rings (SSSR count). The third-order valence-electron chi connectivity index (χ3n) is 2.54. The molecule has 1 N–H and O–H groups in total. The highest BCUT2D eigenvalue weighted by Crippen LogP contribution is 2.03. The minimum absolute atomic E-state index is 0.785. The second-order valence-corrected chi connectivity index (χ2v) is 3.99. The Labute approximate surface area is 102 Å². The minimum atomic E-state index is 0.785. The molecule has 90 valence electrons. The van der Waals surface area contributed by atoms with Gasteiger partial charge in [-0.05, 0) is 25.1 Å². The highest BCUT2D eigenvalue weighted by molar-refractivity contribution is 5.28. The van der Waals surface area contributed by atoms with Crippen molar-refractivity contribution in [2.75, 3.05) is 6.54 Å². The lowest BCUT2D eigenvalue weighted by atomic mass is 10.3. The third kappa shape index (κ3) is 3.39. The van der Waals surface area contributed by atoms with Crippen LogP contribution in [0, 0.1) is 0 Å². The monoisotopic (exact) mass is 230 g/mol. The lowest BCUT2D eigenvalue weighted by molar-refractivity contribution is 0.626. The first-order valence-corrected chi connectivity index (χ1v) is 6.07. The molecule has 0 amide bonds. The standard InChI is InChI=1S/C13H18N4/c1-2-3-9-14-10-12-11-15-17(16-12)13-7-5-4-6-8-13/h4-8,11,14H,2-3,9-10H2,1H3. The van der Waals surface area contributed by atoms with E-state index in [2.05, 4.69) is 22.4 Å². The van der Waals surface area contributed by atoms with Gasteiger partial charge < -0.3 is 5.32 Å². The summed E-state index contributed by atoms with van der Waals surface area (Å²) in [6.45, 7) is 4.01. The molecule has 0 aliphatic carbocycles. The zero-order valence-corrected chi connectivity index (χ0v) is 10.1. The molecular weight excluding hydrogens is 212 g/mol. The maximum absolute atomic E-state index is 4.42. The zero-order chi connectivity index (χ0) is 11.9. The molecule has 4 heteroatoms. The number of aromatic nitrogens is 3. The Morgan fingerprint density at radius 2 is 2.06 bits per heavy atom. The fourth-order valence-electron chi connectivity index (χ4n) is 1.58. The fraction of sp³-hybridized carbons (Fsp3) is 0.385. The first kappa shape index (κ1) is 11.8. The van der Waals surface area contributed by atoms with Crippen molar-refractivity contribution in [3.63, 3.8) is 0 Å². The van der Waals surface area contributed by atoms with E-state index in [1.165, 1.54) is 12.8 Å². The zero-order valence-electron chi connectivity index (χ0n) is 10.1. The topological polar surface area (TPSA) is 42.7 Å². The van der Waals surface area contributed by atoms with Crippen LogP contribution in [0.4, 0.5) is 0 Å². The first-order chi connectivity index (χ1) is 8.40. The average molecular weight is 230 g/mol. The normalized spacial score (nSPS) is 10.6. The van der Waals surface area contributed by atoms with Crippen LogP contribution in [0.1, 0.15) is 25.5 Å². The first-order valence-electron chi connectivity index (χ1n) is 6.07. The van der Waals surface area contributed by atoms with Crippen LogP contribution in [-0.4, -0.2) is 21.5 Å². The van der Waals surface area contributed by atoms with Crippen LogP contribution in [0.5, 0.6) is 0 Å². The summed E-state index contributed by atoms with van der Waals surface area (Å²) in [4.78, 5) is 1.66. The summed E-state index contributed by atoms with van der Waals surface area (Å²) in [7, 11) is 0. The third-order valence-corrected chi connectivity index (χ3v) is 2.54. The maximum Gasteiger partial charge on any atom is 0.0969 e. The molecule has 0 bridgehead atoms. The van der Waals surface area contributed by atoms with Crippen LogP contribution in [0.15, 0.2) is 36.5 Å². The second-order valence-electron chi connectivity index (χ2n) is 3.99. The Kier molecular flexibility index (Phi) is 4.27. The Morgan fingerprint density at radius 3 is 2.82 bits per heavy atom. The van der Waals surface area contributed by atoms with Crippen LogP contribution in [0.2, 0.25) is 0 Å². The maximum atomic E-state index is 4.42. The van der Waals surface area contributed by atoms with Crippen molar-refractivity contribution in [1.82, 2.24) is 20.3 Å². The number of hydrogen-bond donors (Lipinski definition) is 1. The van der Waals surface area contributed by atoms with Gasteiger partial charge in [-0.15, -0.1) is 0 Å². The van der Waals surface area contributed by atoms with E-state index < -0.39 is 0 Å². The van der Waals surface area contributed by atoms with Gasteiger partial charge in [0.2, 0.25) is 0 Å². The van der Waals surface area contributed by atoms with Gasteiger partial charge in [0.05, 0.1) is 17.6 Å². The summed E-state index contributed by atoms with van der Waals surface area (Å²) >= 11 is 0. The Balaban J connectivity index is 1.92. The molecule has 1 aromatic carbocycles. The van der Waals surface area contributed by atoms with E-state index in [-0.39, 0.29) is 0 Å². The van der Waals surface area contributed by atoms with Crippen molar-refractivity contribution < 1.29 is 0 Å². The van der Waals surface area contributed by atoms with Gasteiger partial charge in [-0.3, -0.25) is 0 Å². The highest BCUT2D eigenvalue weighted by atomic mass is 15.5. The van der Waals surface area contributed by atoms with Gasteiger partial charge in [-0.2, -0.15) is 15.0 Å². The number of nitrogens with zero attached hydrogens (tertiary/aromatic N) is 3. The molecule has 0 saturated heterocycles. The summed E-state index contributed by atoms with van der Waals surface area (Å²) in [5, 5.41) is 12.0. The molecule has 0 spiro atoms. The highest BCUT2D eigenvalue weighted by Gasteiger charge is 2.01. The summed E-state index contributed by atoms with van der Waals surface area (Å²) in [6, 6.07) is 9.94. The number of hydrogen-bond acceptors (Lipinski definition) is 3. The van der Waals surface area contributed by atoms with E-state index in [1.807, 2.05) is 36.5 Å². The molecule has 4 nitrogen and oxygen atoms in total. The smallest absolute Gasteiger partial charge is 0.0969 e. The Bertz CT molecular complexity index is 436. The minimum Gasteiger partial charge on any atom is -0.311 e. The summed E-state index contributed by atoms with van der Waals surface area (Å²) < 4.78 is 0. The van der Waals surface area contributed by atoms with Gasteiger partial charge in [0.25, 0.3) is 0 Å². The summed E-state index contributed by atoms with van der Waals surface area (Å²) in [5.41, 5.74) is 1.97. The Hall–Kier alpha value is -1.68. The summed E-state index contributed by atoms with van der Waals surface area (Å²) in [6.07, 6.45) is 4.22. The molecule has 0 unspecified atom stereocenters. The van der Waals surface area contributed by atoms with Gasteiger partial charge in [-0.1, -0.05) is 31.5 Å². The molecule has 1 aromatic heterocycles. The SMILES string of the molecule is CCCCNCc1cnn(-c2ccccc2)n1. The van der Waals surface area contributed by atoms with Crippen molar-refractivity contribution in [2.24, 2.45) is 0 Å².